The van der Waals surface area contributed by atoms with Crippen LogP contribution in [0.4, 0.5) is 0 Å². The van der Waals surface area contributed by atoms with Crippen molar-refractivity contribution in [1.82, 2.24) is 0 Å². The molecule has 0 aliphatic heterocycles. The van der Waals surface area contributed by atoms with Crippen LogP contribution in [0, 0.1) is 5.92 Å². The number of carbonyl (C=O) groups is 1. The molecule has 2 heteroatoms. The summed E-state index contributed by atoms with van der Waals surface area (Å²) in [5.74, 6) is 0.773. The molecular weight excluding hydrogens is 144 g/mol. The Kier molecular flexibility index (Phi) is 2.78. The zero-order valence-corrected chi connectivity index (χ0v) is 7.41. The van der Waals surface area contributed by atoms with E-state index in [9.17, 15) is 4.79 Å². The first-order chi connectivity index (χ1) is 4.75. The van der Waals surface area contributed by atoms with E-state index in [0.29, 0.717) is 17.0 Å². The van der Waals surface area contributed by atoms with Crippen molar-refractivity contribution in [2.75, 3.05) is 6.26 Å². The Hall–Kier alpha value is 0.0200. The van der Waals surface area contributed by atoms with E-state index in [1.807, 2.05) is 11.8 Å². The second-order valence-electron chi connectivity index (χ2n) is 2.92. The summed E-state index contributed by atoms with van der Waals surface area (Å²) < 4.78 is 0. The van der Waals surface area contributed by atoms with Crippen molar-refractivity contribution in [2.24, 2.45) is 5.92 Å². The third-order valence-corrected chi connectivity index (χ3v) is 3.53. The van der Waals surface area contributed by atoms with Crippen molar-refractivity contribution in [3.63, 3.8) is 0 Å². The molecule has 1 rings (SSSR count). The fourth-order valence-electron chi connectivity index (χ4n) is 1.48. The van der Waals surface area contributed by atoms with Crippen LogP contribution in [0.1, 0.15) is 26.2 Å². The van der Waals surface area contributed by atoms with Gasteiger partial charge in [0.05, 0.1) is 0 Å². The fraction of sp³-hybridized carbons (Fsp3) is 0.875. The number of hydrogen-bond acceptors (Lipinski definition) is 2. The highest BCUT2D eigenvalue weighted by Gasteiger charge is 2.26. The lowest BCUT2D eigenvalue weighted by Crippen LogP contribution is -2.27. The van der Waals surface area contributed by atoms with E-state index in [-0.39, 0.29) is 0 Å². The first-order valence-electron chi connectivity index (χ1n) is 3.81. The molecule has 10 heavy (non-hydrogen) atoms. The van der Waals surface area contributed by atoms with Gasteiger partial charge in [-0.25, -0.2) is 0 Å². The fourth-order valence-corrected chi connectivity index (χ4v) is 2.45. The molecule has 0 bridgehead atoms. The summed E-state index contributed by atoms with van der Waals surface area (Å²) in [6, 6.07) is 0. The molecule has 0 spiro atoms. The quantitative estimate of drug-likeness (QED) is 0.581. The molecule has 2 atom stereocenters. The van der Waals surface area contributed by atoms with Gasteiger partial charge in [0.25, 0.3) is 0 Å². The largest absolute Gasteiger partial charge is 0.299 e. The Morgan fingerprint density at radius 3 is 2.80 bits per heavy atom. The van der Waals surface area contributed by atoms with Crippen LogP contribution in [0.25, 0.3) is 0 Å². The lowest BCUT2D eigenvalue weighted by molar-refractivity contribution is -0.123. The normalized spacial score (nSPS) is 34.4. The molecule has 0 N–H and O–H groups in total. The van der Waals surface area contributed by atoms with E-state index in [2.05, 4.69) is 13.2 Å². The third-order valence-electron chi connectivity index (χ3n) is 2.28. The zero-order chi connectivity index (χ0) is 7.56. The standard InChI is InChI=1S/C8H14OS/c1-6-7(9)4-3-5-8(6)10-2/h6,8H,3-5H2,1-2H3. The summed E-state index contributed by atoms with van der Waals surface area (Å²) in [7, 11) is 0. The van der Waals surface area contributed by atoms with Crippen LogP contribution in [-0.4, -0.2) is 17.3 Å². The second-order valence-corrected chi connectivity index (χ2v) is 4.00. The molecule has 1 fully saturated rings. The monoisotopic (exact) mass is 158 g/mol. The summed E-state index contributed by atoms with van der Waals surface area (Å²) in [5, 5.41) is 0.598. The first kappa shape index (κ1) is 8.12. The van der Waals surface area contributed by atoms with Crippen LogP contribution in [0.5, 0.6) is 0 Å². The number of Topliss-reactive ketones (excluding diaryl/α,β-unsaturated/α-hetero) is 1. The van der Waals surface area contributed by atoms with Crippen LogP contribution in [-0.2, 0) is 4.79 Å². The molecule has 0 aromatic carbocycles. The molecule has 0 aromatic rings. The van der Waals surface area contributed by atoms with Gasteiger partial charge in [-0.15, -0.1) is 0 Å². The topological polar surface area (TPSA) is 17.1 Å². The highest BCUT2D eigenvalue weighted by atomic mass is 32.2. The Morgan fingerprint density at radius 1 is 1.60 bits per heavy atom. The van der Waals surface area contributed by atoms with E-state index < -0.39 is 0 Å². The van der Waals surface area contributed by atoms with Crippen LogP contribution in [0.15, 0.2) is 0 Å². The number of ketones is 1. The zero-order valence-electron chi connectivity index (χ0n) is 6.59. The lowest BCUT2D eigenvalue weighted by Gasteiger charge is -2.25. The minimum Gasteiger partial charge on any atom is -0.299 e. The molecule has 0 saturated heterocycles. The van der Waals surface area contributed by atoms with Gasteiger partial charge < -0.3 is 0 Å². The highest BCUT2D eigenvalue weighted by Crippen LogP contribution is 2.29. The van der Waals surface area contributed by atoms with E-state index >= 15 is 0 Å². The van der Waals surface area contributed by atoms with E-state index in [0.717, 1.165) is 12.8 Å². The SMILES string of the molecule is CSC1CCCC(=O)C1C. The van der Waals surface area contributed by atoms with Crippen molar-refractivity contribution < 1.29 is 4.79 Å². The Balaban J connectivity index is 2.51. The number of hydrogen-bond donors (Lipinski definition) is 0. The number of rotatable bonds is 1. The molecule has 0 aromatic heterocycles. The molecule has 1 aliphatic carbocycles. The van der Waals surface area contributed by atoms with Crippen LogP contribution < -0.4 is 0 Å². The van der Waals surface area contributed by atoms with Crippen molar-refractivity contribution >= 4 is 17.5 Å². The lowest BCUT2D eigenvalue weighted by atomic mass is 9.89. The summed E-state index contributed by atoms with van der Waals surface area (Å²) in [5.41, 5.74) is 0. The minimum atomic E-state index is 0.309. The predicted octanol–water partition coefficient (Wildman–Crippen LogP) is 2.11. The van der Waals surface area contributed by atoms with E-state index in [4.69, 9.17) is 0 Å². The average molecular weight is 158 g/mol. The Morgan fingerprint density at radius 2 is 2.30 bits per heavy atom. The molecule has 1 saturated carbocycles. The molecule has 58 valence electrons. The van der Waals surface area contributed by atoms with Crippen LogP contribution >= 0.6 is 11.8 Å². The van der Waals surface area contributed by atoms with Crippen molar-refractivity contribution in [3.8, 4) is 0 Å². The molecule has 0 heterocycles. The molecule has 0 amide bonds. The first-order valence-corrected chi connectivity index (χ1v) is 5.10. The van der Waals surface area contributed by atoms with Gasteiger partial charge in [-0.3, -0.25) is 4.79 Å². The van der Waals surface area contributed by atoms with Gasteiger partial charge >= 0.3 is 0 Å². The minimum absolute atomic E-state index is 0.309. The Bertz CT molecular complexity index is 133. The molecule has 1 aliphatic rings. The highest BCUT2D eigenvalue weighted by molar-refractivity contribution is 7.99. The predicted molar refractivity (Wildman–Crippen MR) is 45.3 cm³/mol. The average Bonchev–Trinajstić information content (AvgIpc) is 1.95. The summed E-state index contributed by atoms with van der Waals surface area (Å²) in [6.45, 7) is 2.06. The van der Waals surface area contributed by atoms with Crippen molar-refractivity contribution in [1.29, 1.82) is 0 Å². The van der Waals surface area contributed by atoms with Gasteiger partial charge in [0, 0.05) is 17.6 Å². The summed E-state index contributed by atoms with van der Waals surface area (Å²) in [6.07, 6.45) is 5.25. The van der Waals surface area contributed by atoms with Gasteiger partial charge in [0.2, 0.25) is 0 Å². The molecule has 1 nitrogen and oxygen atoms in total. The molecular formula is C8H14OS. The van der Waals surface area contributed by atoms with Gasteiger partial charge in [-0.2, -0.15) is 11.8 Å². The van der Waals surface area contributed by atoms with Crippen LogP contribution in [0.2, 0.25) is 0 Å². The summed E-state index contributed by atoms with van der Waals surface area (Å²) >= 11 is 1.84. The molecule has 2 unspecified atom stereocenters. The summed E-state index contributed by atoms with van der Waals surface area (Å²) in [4.78, 5) is 11.2. The maximum Gasteiger partial charge on any atom is 0.136 e. The van der Waals surface area contributed by atoms with Crippen LogP contribution in [0.3, 0.4) is 0 Å². The van der Waals surface area contributed by atoms with E-state index in [1.165, 1.54) is 6.42 Å². The van der Waals surface area contributed by atoms with Gasteiger partial charge in [-0.1, -0.05) is 6.92 Å². The maximum atomic E-state index is 11.2. The van der Waals surface area contributed by atoms with Crippen molar-refractivity contribution in [3.05, 3.63) is 0 Å². The Labute approximate surface area is 66.6 Å². The maximum absolute atomic E-state index is 11.2. The second kappa shape index (κ2) is 3.42. The number of thioether (sulfide) groups is 1. The van der Waals surface area contributed by atoms with Gasteiger partial charge in [-0.05, 0) is 19.1 Å². The van der Waals surface area contributed by atoms with Crippen molar-refractivity contribution in [2.45, 2.75) is 31.4 Å². The smallest absolute Gasteiger partial charge is 0.136 e. The number of carbonyl (C=O) groups excluding carboxylic acids is 1. The molecule has 0 radical (unpaired) electrons. The third kappa shape index (κ3) is 1.54. The van der Waals surface area contributed by atoms with Gasteiger partial charge in [0.15, 0.2) is 0 Å². The van der Waals surface area contributed by atoms with Gasteiger partial charge in [0.1, 0.15) is 5.78 Å². The van der Waals surface area contributed by atoms with E-state index in [1.54, 1.807) is 0 Å².